The zero-order chi connectivity index (χ0) is 25.0. The van der Waals surface area contributed by atoms with E-state index in [-0.39, 0.29) is 22.6 Å². The van der Waals surface area contributed by atoms with Crippen molar-refractivity contribution in [2.45, 2.75) is 13.5 Å². The number of hydrogen-bond donors (Lipinski definition) is 2. The lowest BCUT2D eigenvalue weighted by atomic mass is 10.2. The summed E-state index contributed by atoms with van der Waals surface area (Å²) in [6, 6.07) is 14.7. The molecule has 1 heterocycles. The number of methoxy groups -OCH3 is 1. The number of nitrogens with one attached hydrogen (secondary N) is 2. The molecule has 1 aliphatic rings. The lowest BCUT2D eigenvalue weighted by Gasteiger charge is -2.12. The van der Waals surface area contributed by atoms with Gasteiger partial charge in [0.15, 0.2) is 23.3 Å². The number of esters is 1. The zero-order valence-electron chi connectivity index (χ0n) is 19.1. The van der Waals surface area contributed by atoms with E-state index >= 15 is 0 Å². The molecule has 1 aliphatic heterocycles. The van der Waals surface area contributed by atoms with Crippen LogP contribution < -0.4 is 20.1 Å². The van der Waals surface area contributed by atoms with Crippen LogP contribution in [0.15, 0.2) is 69.7 Å². The Morgan fingerprint density at radius 3 is 2.66 bits per heavy atom. The largest absolute Gasteiger partial charge is 0.490 e. The Labute approximate surface area is 206 Å². The minimum absolute atomic E-state index is 0.160. The number of carbonyl (C=O) groups excluding carboxylic acids is 3. The van der Waals surface area contributed by atoms with E-state index in [9.17, 15) is 14.4 Å². The molecule has 2 aromatic rings. The minimum Gasteiger partial charge on any atom is -0.490 e. The van der Waals surface area contributed by atoms with Gasteiger partial charge in [0.25, 0.3) is 11.8 Å². The van der Waals surface area contributed by atoms with Crippen LogP contribution in [0.25, 0.3) is 0 Å². The first-order valence-corrected chi connectivity index (χ1v) is 11.4. The van der Waals surface area contributed by atoms with Crippen molar-refractivity contribution in [3.8, 4) is 11.5 Å². The van der Waals surface area contributed by atoms with E-state index in [0.717, 1.165) is 23.4 Å². The van der Waals surface area contributed by atoms with Gasteiger partial charge in [-0.2, -0.15) is 5.10 Å². The average Bonchev–Trinajstić information content (AvgIpc) is 3.21. The van der Waals surface area contributed by atoms with Gasteiger partial charge >= 0.3 is 5.97 Å². The Balaban J connectivity index is 1.58. The third kappa shape index (κ3) is 8.00. The van der Waals surface area contributed by atoms with Gasteiger partial charge < -0.3 is 19.5 Å². The normalized spacial score (nSPS) is 15.3. The molecular formula is C24H24N4O6S. The van der Waals surface area contributed by atoms with Crippen LogP contribution in [-0.2, 0) is 25.7 Å². The minimum atomic E-state index is -0.633. The number of benzene rings is 2. The highest BCUT2D eigenvalue weighted by Gasteiger charge is 2.25. The Morgan fingerprint density at radius 1 is 1.11 bits per heavy atom. The monoisotopic (exact) mass is 496 g/mol. The van der Waals surface area contributed by atoms with E-state index < -0.39 is 11.9 Å². The summed E-state index contributed by atoms with van der Waals surface area (Å²) >= 11 is 0.976. The number of nitrogens with zero attached hydrogens (tertiary/aromatic N) is 2. The molecule has 0 aromatic heterocycles. The Bertz CT molecular complexity index is 1160. The van der Waals surface area contributed by atoms with Gasteiger partial charge in [-0.15, -0.1) is 5.10 Å². The molecular weight excluding hydrogens is 472 g/mol. The standard InChI is InChI=1S/C24H24N4O6S/c1-3-33-19-11-17(14-26-28-24-27-23(31)20(35-24)12-22(30)32-2)9-10-18(19)34-15-21(29)25-13-16-7-5-4-6-8-16/h4-12,14H,3,13,15H2,1-2H3,(H,25,29)(H,27,28,31)/b20-12+,26-14?. The predicted octanol–water partition coefficient (Wildman–Crippen LogP) is 2.39. The second-order valence-corrected chi connectivity index (χ2v) is 7.96. The van der Waals surface area contributed by atoms with Gasteiger partial charge in [0, 0.05) is 12.6 Å². The number of thioether (sulfide) groups is 1. The fourth-order valence-electron chi connectivity index (χ4n) is 2.77. The number of rotatable bonds is 10. The fourth-order valence-corrected chi connectivity index (χ4v) is 3.51. The molecule has 10 nitrogen and oxygen atoms in total. The summed E-state index contributed by atoms with van der Waals surface area (Å²) in [4.78, 5) is 35.5. The van der Waals surface area contributed by atoms with Crippen LogP contribution in [0.3, 0.4) is 0 Å². The van der Waals surface area contributed by atoms with E-state index in [1.54, 1.807) is 18.2 Å². The first kappa shape index (κ1) is 25.5. The molecule has 0 spiro atoms. The molecule has 2 amide bonds. The number of ether oxygens (including phenoxy) is 3. The van der Waals surface area contributed by atoms with Crippen molar-refractivity contribution in [1.82, 2.24) is 10.6 Å². The summed E-state index contributed by atoms with van der Waals surface area (Å²) in [5.41, 5.74) is 1.66. The van der Waals surface area contributed by atoms with E-state index in [1.807, 2.05) is 37.3 Å². The molecule has 0 aliphatic carbocycles. The summed E-state index contributed by atoms with van der Waals surface area (Å²) in [6.07, 6.45) is 2.56. The second-order valence-electron chi connectivity index (χ2n) is 6.93. The SMILES string of the molecule is CCOc1cc(C=N/N=C2/NC(=O)/C(=C\C(=O)OC)S2)ccc1OCC(=O)NCc1ccccc1. The maximum absolute atomic E-state index is 12.1. The van der Waals surface area contributed by atoms with Gasteiger partial charge in [0.05, 0.1) is 24.8 Å². The molecule has 35 heavy (non-hydrogen) atoms. The summed E-state index contributed by atoms with van der Waals surface area (Å²) in [6.45, 7) is 2.49. The van der Waals surface area contributed by atoms with Crippen LogP contribution >= 0.6 is 11.8 Å². The molecule has 0 unspecified atom stereocenters. The van der Waals surface area contributed by atoms with Gasteiger partial charge in [-0.3, -0.25) is 14.9 Å². The highest BCUT2D eigenvalue weighted by Crippen LogP contribution is 2.28. The van der Waals surface area contributed by atoms with E-state index in [2.05, 4.69) is 25.6 Å². The number of amidine groups is 1. The number of hydrogen-bond acceptors (Lipinski definition) is 9. The van der Waals surface area contributed by atoms with Crippen molar-refractivity contribution >= 4 is 40.9 Å². The van der Waals surface area contributed by atoms with Crippen LogP contribution in [0.5, 0.6) is 11.5 Å². The van der Waals surface area contributed by atoms with Crippen LogP contribution in [0, 0.1) is 0 Å². The van der Waals surface area contributed by atoms with Crippen molar-refractivity contribution in [2.75, 3.05) is 20.3 Å². The molecule has 0 saturated carbocycles. The quantitative estimate of drug-likeness (QED) is 0.224. The van der Waals surface area contributed by atoms with Crippen molar-refractivity contribution < 1.29 is 28.6 Å². The molecule has 182 valence electrons. The van der Waals surface area contributed by atoms with Crippen molar-refractivity contribution in [3.63, 3.8) is 0 Å². The van der Waals surface area contributed by atoms with E-state index in [4.69, 9.17) is 9.47 Å². The number of carbonyl (C=O) groups is 3. The second kappa shape index (κ2) is 12.9. The summed E-state index contributed by atoms with van der Waals surface area (Å²) in [5, 5.41) is 13.5. The maximum Gasteiger partial charge on any atom is 0.331 e. The third-order valence-corrected chi connectivity index (χ3v) is 5.32. The molecule has 1 fully saturated rings. The van der Waals surface area contributed by atoms with Crippen molar-refractivity contribution in [1.29, 1.82) is 0 Å². The molecule has 11 heteroatoms. The Hall–Kier alpha value is -4.12. The topological polar surface area (TPSA) is 128 Å². The highest BCUT2D eigenvalue weighted by molar-refractivity contribution is 8.18. The average molecular weight is 497 g/mol. The summed E-state index contributed by atoms with van der Waals surface area (Å²) in [5.74, 6) is -0.475. The zero-order valence-corrected chi connectivity index (χ0v) is 20.0. The molecule has 3 rings (SSSR count). The van der Waals surface area contributed by atoms with Crippen LogP contribution in [-0.4, -0.2) is 49.5 Å². The molecule has 0 atom stereocenters. The van der Waals surface area contributed by atoms with Gasteiger partial charge in [0.1, 0.15) is 0 Å². The summed E-state index contributed by atoms with van der Waals surface area (Å²) in [7, 11) is 1.23. The lowest BCUT2D eigenvalue weighted by molar-refractivity contribution is -0.135. The molecule has 2 N–H and O–H groups in total. The van der Waals surface area contributed by atoms with Crippen molar-refractivity contribution in [3.05, 3.63) is 70.6 Å². The molecule has 0 radical (unpaired) electrons. The first-order valence-electron chi connectivity index (χ1n) is 10.6. The van der Waals surface area contributed by atoms with E-state index in [1.165, 1.54) is 13.3 Å². The van der Waals surface area contributed by atoms with Crippen LogP contribution in [0.2, 0.25) is 0 Å². The predicted molar refractivity (Wildman–Crippen MR) is 132 cm³/mol. The van der Waals surface area contributed by atoms with Gasteiger partial charge in [-0.1, -0.05) is 30.3 Å². The summed E-state index contributed by atoms with van der Waals surface area (Å²) < 4.78 is 15.8. The van der Waals surface area contributed by atoms with Gasteiger partial charge in [0.2, 0.25) is 0 Å². The fraction of sp³-hybridized carbons (Fsp3) is 0.208. The first-order chi connectivity index (χ1) is 17.0. The van der Waals surface area contributed by atoms with Gasteiger partial charge in [-0.25, -0.2) is 4.79 Å². The van der Waals surface area contributed by atoms with Crippen LogP contribution in [0.1, 0.15) is 18.1 Å². The Morgan fingerprint density at radius 2 is 1.91 bits per heavy atom. The molecule has 2 aromatic carbocycles. The maximum atomic E-state index is 12.1. The molecule has 0 bridgehead atoms. The molecule has 1 saturated heterocycles. The van der Waals surface area contributed by atoms with Crippen molar-refractivity contribution in [2.24, 2.45) is 10.2 Å². The lowest BCUT2D eigenvalue weighted by Crippen LogP contribution is -2.28. The van der Waals surface area contributed by atoms with Gasteiger partial charge in [-0.05, 0) is 48.0 Å². The Kier molecular flexibility index (Phi) is 9.43. The smallest absolute Gasteiger partial charge is 0.331 e. The van der Waals surface area contributed by atoms with E-state index in [0.29, 0.717) is 30.2 Å². The van der Waals surface area contributed by atoms with Crippen LogP contribution in [0.4, 0.5) is 0 Å². The number of amides is 2. The third-order valence-electron chi connectivity index (χ3n) is 4.42. The highest BCUT2D eigenvalue weighted by atomic mass is 32.2.